The Kier molecular flexibility index (Phi) is 4.04. The van der Waals surface area contributed by atoms with Crippen molar-refractivity contribution in [2.24, 2.45) is 0 Å². The van der Waals surface area contributed by atoms with Crippen LogP contribution >= 0.6 is 0 Å². The molecule has 0 spiro atoms. The van der Waals surface area contributed by atoms with E-state index < -0.39 is 0 Å². The van der Waals surface area contributed by atoms with Crippen LogP contribution < -0.4 is 11.1 Å². The van der Waals surface area contributed by atoms with Gasteiger partial charge in [0.25, 0.3) is 0 Å². The first-order valence-electron chi connectivity index (χ1n) is 5.13. The average molecular weight is 223 g/mol. The topological polar surface area (TPSA) is 84.1 Å². The van der Waals surface area contributed by atoms with Crippen LogP contribution in [-0.2, 0) is 4.79 Å². The first kappa shape index (κ1) is 12.2. The summed E-state index contributed by atoms with van der Waals surface area (Å²) in [5, 5.41) is 2.95. The van der Waals surface area contributed by atoms with Crippen LogP contribution in [0.15, 0.2) is 12.4 Å². The number of nitrogens with two attached hydrogens (primary N) is 1. The van der Waals surface area contributed by atoms with Crippen molar-refractivity contribution in [2.75, 3.05) is 24.6 Å². The van der Waals surface area contributed by atoms with Crippen LogP contribution in [-0.4, -0.2) is 40.4 Å². The quantitative estimate of drug-likeness (QED) is 0.768. The van der Waals surface area contributed by atoms with Gasteiger partial charge in [-0.2, -0.15) is 0 Å². The summed E-state index contributed by atoms with van der Waals surface area (Å²) < 4.78 is 0. The van der Waals surface area contributed by atoms with Gasteiger partial charge in [0, 0.05) is 13.6 Å². The molecule has 0 aliphatic rings. The van der Waals surface area contributed by atoms with Crippen LogP contribution in [0.1, 0.15) is 13.8 Å². The van der Waals surface area contributed by atoms with E-state index in [0.29, 0.717) is 18.2 Å². The summed E-state index contributed by atoms with van der Waals surface area (Å²) in [5.41, 5.74) is 5.49. The molecule has 1 aromatic heterocycles. The largest absolute Gasteiger partial charge is 0.382 e. The average Bonchev–Trinajstić information content (AvgIpc) is 2.27. The molecule has 1 unspecified atom stereocenters. The summed E-state index contributed by atoms with van der Waals surface area (Å²) >= 11 is 0. The van der Waals surface area contributed by atoms with Gasteiger partial charge in [0.15, 0.2) is 0 Å². The second kappa shape index (κ2) is 5.29. The lowest BCUT2D eigenvalue weighted by Crippen LogP contribution is -2.39. The minimum Gasteiger partial charge on any atom is -0.382 e. The predicted octanol–water partition coefficient (Wildman–Crippen LogP) is 0.337. The number of nitrogens with one attached hydrogen (secondary N) is 1. The molecule has 1 aromatic rings. The molecule has 1 amide bonds. The third kappa shape index (κ3) is 3.08. The molecule has 0 fully saturated rings. The molecule has 1 heterocycles. The number of carbonyl (C=O) groups excluding carboxylic acids is 1. The lowest BCUT2D eigenvalue weighted by molar-refractivity contribution is -0.130. The van der Waals surface area contributed by atoms with Gasteiger partial charge in [-0.3, -0.25) is 9.78 Å². The maximum absolute atomic E-state index is 11.7. The maximum Gasteiger partial charge on any atom is 0.244 e. The molecule has 0 aliphatic heterocycles. The fraction of sp³-hybridized carbons (Fsp3) is 0.500. The van der Waals surface area contributed by atoms with E-state index in [0.717, 1.165) is 0 Å². The zero-order chi connectivity index (χ0) is 12.1. The molecule has 0 saturated carbocycles. The second-order valence-corrected chi connectivity index (χ2v) is 3.55. The Hall–Kier alpha value is -1.85. The minimum atomic E-state index is -0.346. The van der Waals surface area contributed by atoms with Gasteiger partial charge in [-0.1, -0.05) is 0 Å². The van der Waals surface area contributed by atoms with Crippen molar-refractivity contribution in [3.8, 4) is 0 Å². The lowest BCUT2D eigenvalue weighted by Gasteiger charge is -2.20. The molecule has 0 radical (unpaired) electrons. The predicted molar refractivity (Wildman–Crippen MR) is 62.8 cm³/mol. The van der Waals surface area contributed by atoms with Crippen LogP contribution in [0.3, 0.4) is 0 Å². The van der Waals surface area contributed by atoms with Crippen LogP contribution in [0.25, 0.3) is 0 Å². The monoisotopic (exact) mass is 223 g/mol. The SMILES string of the molecule is CCN(C)C(=O)C(C)Nc1cncc(N)n1. The molecular formula is C10H17N5O. The lowest BCUT2D eigenvalue weighted by atomic mass is 10.3. The minimum absolute atomic E-state index is 0.00623. The Morgan fingerprint density at radius 3 is 2.88 bits per heavy atom. The highest BCUT2D eigenvalue weighted by molar-refractivity contribution is 5.83. The number of nitrogen functional groups attached to an aromatic ring is 1. The number of rotatable bonds is 4. The van der Waals surface area contributed by atoms with Crippen molar-refractivity contribution in [2.45, 2.75) is 19.9 Å². The van der Waals surface area contributed by atoms with E-state index in [1.54, 1.807) is 18.9 Å². The molecule has 6 heteroatoms. The number of hydrogen-bond acceptors (Lipinski definition) is 5. The molecule has 0 aromatic carbocycles. The number of likely N-dealkylation sites (N-methyl/N-ethyl adjacent to an activating group) is 1. The number of aromatic nitrogens is 2. The Labute approximate surface area is 94.9 Å². The van der Waals surface area contributed by atoms with Gasteiger partial charge in [0.1, 0.15) is 17.7 Å². The van der Waals surface area contributed by atoms with Gasteiger partial charge in [0.2, 0.25) is 5.91 Å². The first-order valence-corrected chi connectivity index (χ1v) is 5.13. The van der Waals surface area contributed by atoms with Crippen molar-refractivity contribution >= 4 is 17.5 Å². The Morgan fingerprint density at radius 2 is 2.31 bits per heavy atom. The standard InChI is InChI=1S/C10H17N5O/c1-4-15(3)10(16)7(2)13-9-6-12-5-8(11)14-9/h5-7H,4H2,1-3H3,(H3,11,13,14). The van der Waals surface area contributed by atoms with Gasteiger partial charge in [-0.05, 0) is 13.8 Å². The van der Waals surface area contributed by atoms with Gasteiger partial charge < -0.3 is 16.0 Å². The molecule has 0 bridgehead atoms. The molecule has 1 atom stereocenters. The van der Waals surface area contributed by atoms with E-state index in [-0.39, 0.29) is 11.9 Å². The summed E-state index contributed by atoms with van der Waals surface area (Å²) in [6.07, 6.45) is 2.99. The van der Waals surface area contributed by atoms with E-state index in [1.165, 1.54) is 12.4 Å². The molecule has 6 nitrogen and oxygen atoms in total. The van der Waals surface area contributed by atoms with Gasteiger partial charge in [0.05, 0.1) is 12.4 Å². The van der Waals surface area contributed by atoms with Crippen molar-refractivity contribution in [1.29, 1.82) is 0 Å². The molecular weight excluding hydrogens is 206 g/mol. The number of amides is 1. The third-order valence-electron chi connectivity index (χ3n) is 2.24. The smallest absolute Gasteiger partial charge is 0.244 e. The molecule has 1 rings (SSSR count). The van der Waals surface area contributed by atoms with Crippen LogP contribution in [0.4, 0.5) is 11.6 Å². The maximum atomic E-state index is 11.7. The van der Waals surface area contributed by atoms with E-state index in [4.69, 9.17) is 5.73 Å². The van der Waals surface area contributed by atoms with Crippen LogP contribution in [0.2, 0.25) is 0 Å². The normalized spacial score (nSPS) is 11.9. The van der Waals surface area contributed by atoms with E-state index >= 15 is 0 Å². The van der Waals surface area contributed by atoms with Crippen molar-refractivity contribution in [3.63, 3.8) is 0 Å². The van der Waals surface area contributed by atoms with Crippen LogP contribution in [0.5, 0.6) is 0 Å². The molecule has 0 aliphatic carbocycles. The third-order valence-corrected chi connectivity index (χ3v) is 2.24. The fourth-order valence-electron chi connectivity index (χ4n) is 1.22. The first-order chi connectivity index (χ1) is 7.54. The molecule has 0 saturated heterocycles. The number of nitrogens with zero attached hydrogens (tertiary/aromatic N) is 3. The van der Waals surface area contributed by atoms with Crippen LogP contribution in [0, 0.1) is 0 Å². The summed E-state index contributed by atoms with van der Waals surface area (Å²) in [4.78, 5) is 21.3. The highest BCUT2D eigenvalue weighted by Crippen LogP contribution is 2.06. The Balaban J connectivity index is 2.64. The summed E-state index contributed by atoms with van der Waals surface area (Å²) in [6.45, 7) is 4.37. The molecule has 3 N–H and O–H groups in total. The zero-order valence-electron chi connectivity index (χ0n) is 9.77. The molecule has 16 heavy (non-hydrogen) atoms. The highest BCUT2D eigenvalue weighted by Gasteiger charge is 2.16. The Bertz CT molecular complexity index is 368. The van der Waals surface area contributed by atoms with E-state index in [1.807, 2.05) is 6.92 Å². The van der Waals surface area contributed by atoms with Gasteiger partial charge >= 0.3 is 0 Å². The molecule has 88 valence electrons. The van der Waals surface area contributed by atoms with Gasteiger partial charge in [-0.15, -0.1) is 0 Å². The van der Waals surface area contributed by atoms with Crippen molar-refractivity contribution in [3.05, 3.63) is 12.4 Å². The second-order valence-electron chi connectivity index (χ2n) is 3.55. The number of carbonyl (C=O) groups is 1. The zero-order valence-corrected chi connectivity index (χ0v) is 9.77. The number of anilines is 2. The summed E-state index contributed by atoms with van der Waals surface area (Å²) in [6, 6.07) is -0.346. The summed E-state index contributed by atoms with van der Waals surface area (Å²) in [7, 11) is 1.76. The highest BCUT2D eigenvalue weighted by atomic mass is 16.2. The Morgan fingerprint density at radius 1 is 1.62 bits per heavy atom. The van der Waals surface area contributed by atoms with Crippen molar-refractivity contribution < 1.29 is 4.79 Å². The summed E-state index contributed by atoms with van der Waals surface area (Å²) in [5.74, 6) is 0.838. The van der Waals surface area contributed by atoms with Gasteiger partial charge in [-0.25, -0.2) is 4.98 Å². The fourth-order valence-corrected chi connectivity index (χ4v) is 1.22. The van der Waals surface area contributed by atoms with E-state index in [2.05, 4.69) is 15.3 Å². The van der Waals surface area contributed by atoms with Crippen molar-refractivity contribution in [1.82, 2.24) is 14.9 Å². The van der Waals surface area contributed by atoms with E-state index in [9.17, 15) is 4.79 Å². The number of hydrogen-bond donors (Lipinski definition) is 2.